The zero-order chi connectivity index (χ0) is 15.6. The maximum absolute atomic E-state index is 6.28. The van der Waals surface area contributed by atoms with Crippen LogP contribution in [0.5, 0.6) is 0 Å². The Kier molecular flexibility index (Phi) is 5.92. The number of hydrogen-bond donors (Lipinski definition) is 1. The fraction of sp³-hybridized carbons (Fsp3) is 0.400. The first-order chi connectivity index (χ1) is 9.93. The summed E-state index contributed by atoms with van der Waals surface area (Å²) in [5.74, 6) is 0. The van der Waals surface area contributed by atoms with Crippen LogP contribution < -0.4 is 5.32 Å². The summed E-state index contributed by atoms with van der Waals surface area (Å²) in [5, 5.41) is 5.96. The Bertz CT molecular complexity index is 627. The predicted octanol–water partition coefficient (Wildman–Crippen LogP) is 6.08. The van der Waals surface area contributed by atoms with E-state index in [0.717, 1.165) is 17.0 Å². The zero-order valence-corrected chi connectivity index (χ0v) is 15.2. The molecule has 1 aromatic heterocycles. The minimum Gasteiger partial charge on any atom is -0.301 e. The largest absolute Gasteiger partial charge is 0.301 e. The van der Waals surface area contributed by atoms with Crippen LogP contribution in [0.1, 0.15) is 48.3 Å². The number of nitrogens with zero attached hydrogens (tertiary/aromatic N) is 1. The van der Waals surface area contributed by atoms with E-state index >= 15 is 0 Å². The van der Waals surface area contributed by atoms with Gasteiger partial charge in [-0.05, 0) is 31.9 Å². The predicted molar refractivity (Wildman–Crippen MR) is 92.9 cm³/mol. The van der Waals surface area contributed by atoms with Crippen molar-refractivity contribution < 1.29 is 0 Å². The van der Waals surface area contributed by atoms with Gasteiger partial charge in [0.1, 0.15) is 5.01 Å². The van der Waals surface area contributed by atoms with E-state index in [-0.39, 0.29) is 12.1 Å². The number of rotatable bonds is 5. The molecule has 0 spiro atoms. The molecule has 0 aliphatic carbocycles. The molecular weight excluding hydrogens is 347 g/mol. The molecule has 2 nitrogen and oxygen atoms in total. The fourth-order valence-electron chi connectivity index (χ4n) is 2.10. The highest BCUT2D eigenvalue weighted by Crippen LogP contribution is 2.36. The Morgan fingerprint density at radius 3 is 2.48 bits per heavy atom. The maximum atomic E-state index is 6.28. The Labute approximate surface area is 144 Å². The van der Waals surface area contributed by atoms with Gasteiger partial charge in [-0.15, -0.1) is 11.3 Å². The molecule has 0 aliphatic heterocycles. The summed E-state index contributed by atoms with van der Waals surface area (Å²) in [7, 11) is 0. The van der Waals surface area contributed by atoms with E-state index in [1.165, 1.54) is 4.88 Å². The van der Waals surface area contributed by atoms with E-state index in [4.69, 9.17) is 34.8 Å². The lowest BCUT2D eigenvalue weighted by Crippen LogP contribution is -2.22. The first-order valence-corrected chi connectivity index (χ1v) is 8.73. The van der Waals surface area contributed by atoms with E-state index in [9.17, 15) is 0 Å². The SMILES string of the molecule is CCc1cnc(C(C)NC(C)c2ccc(Cl)c(Cl)c2Cl)s1. The lowest BCUT2D eigenvalue weighted by molar-refractivity contribution is 0.493. The van der Waals surface area contributed by atoms with Crippen LogP contribution in [-0.4, -0.2) is 4.98 Å². The zero-order valence-electron chi connectivity index (χ0n) is 12.1. The van der Waals surface area contributed by atoms with Gasteiger partial charge >= 0.3 is 0 Å². The minimum absolute atomic E-state index is 0.0521. The van der Waals surface area contributed by atoms with Gasteiger partial charge in [0.15, 0.2) is 0 Å². The fourth-order valence-corrected chi connectivity index (χ4v) is 3.67. The standard InChI is InChI=1S/C15H17Cl3N2S/c1-4-10-7-19-15(21-10)9(3)20-8(2)11-5-6-12(16)14(18)13(11)17/h5-9,20H,4H2,1-3H3. The Balaban J connectivity index is 2.14. The van der Waals surface area contributed by atoms with E-state index in [2.05, 4.69) is 31.1 Å². The van der Waals surface area contributed by atoms with Crippen molar-refractivity contribution in [1.82, 2.24) is 10.3 Å². The van der Waals surface area contributed by atoms with Crippen molar-refractivity contribution in [1.29, 1.82) is 0 Å². The van der Waals surface area contributed by atoms with Crippen LogP contribution in [0.2, 0.25) is 15.1 Å². The van der Waals surface area contributed by atoms with Crippen LogP contribution >= 0.6 is 46.1 Å². The summed E-state index contributed by atoms with van der Waals surface area (Å²) in [6.07, 6.45) is 2.95. The van der Waals surface area contributed by atoms with Crippen molar-refractivity contribution in [3.8, 4) is 0 Å². The number of nitrogens with one attached hydrogen (secondary N) is 1. The van der Waals surface area contributed by atoms with Gasteiger partial charge in [0.2, 0.25) is 0 Å². The van der Waals surface area contributed by atoms with E-state index < -0.39 is 0 Å². The molecule has 0 saturated carbocycles. The van der Waals surface area contributed by atoms with E-state index in [1.807, 2.05) is 12.3 Å². The quantitative estimate of drug-likeness (QED) is 0.651. The lowest BCUT2D eigenvalue weighted by Gasteiger charge is -2.20. The average molecular weight is 364 g/mol. The summed E-state index contributed by atoms with van der Waals surface area (Å²) in [6, 6.07) is 3.87. The second-order valence-corrected chi connectivity index (χ2v) is 7.20. The molecule has 1 heterocycles. The molecule has 2 rings (SSSR count). The molecule has 2 aromatic rings. The van der Waals surface area contributed by atoms with Crippen LogP contribution in [-0.2, 0) is 6.42 Å². The minimum atomic E-state index is 0.0521. The molecule has 21 heavy (non-hydrogen) atoms. The third kappa shape index (κ3) is 3.91. The number of halogens is 3. The number of hydrogen-bond acceptors (Lipinski definition) is 3. The Hall–Kier alpha value is -0.320. The molecule has 2 atom stereocenters. The number of aryl methyl sites for hydroxylation is 1. The number of thiazole rings is 1. The third-order valence-electron chi connectivity index (χ3n) is 3.32. The molecule has 1 aromatic carbocycles. The second kappa shape index (κ2) is 7.30. The van der Waals surface area contributed by atoms with Gasteiger partial charge in [0.25, 0.3) is 0 Å². The van der Waals surface area contributed by atoms with Crippen LogP contribution in [0, 0.1) is 0 Å². The summed E-state index contributed by atoms with van der Waals surface area (Å²) in [4.78, 5) is 5.75. The van der Waals surface area contributed by atoms with E-state index in [0.29, 0.717) is 15.1 Å². The molecule has 0 saturated heterocycles. The van der Waals surface area contributed by atoms with Crippen LogP contribution in [0.4, 0.5) is 0 Å². The highest BCUT2D eigenvalue weighted by molar-refractivity contribution is 7.11. The summed E-state index contributed by atoms with van der Waals surface area (Å²) in [5.41, 5.74) is 0.935. The monoisotopic (exact) mass is 362 g/mol. The molecule has 114 valence electrons. The molecule has 0 amide bonds. The Morgan fingerprint density at radius 1 is 1.14 bits per heavy atom. The van der Waals surface area contributed by atoms with Crippen LogP contribution in [0.15, 0.2) is 18.3 Å². The summed E-state index contributed by atoms with van der Waals surface area (Å²) in [6.45, 7) is 6.28. The van der Waals surface area contributed by atoms with Crippen molar-refractivity contribution in [2.24, 2.45) is 0 Å². The maximum Gasteiger partial charge on any atom is 0.109 e. The van der Waals surface area contributed by atoms with Crippen LogP contribution in [0.3, 0.4) is 0 Å². The van der Waals surface area contributed by atoms with Crippen molar-refractivity contribution in [3.63, 3.8) is 0 Å². The van der Waals surface area contributed by atoms with Gasteiger partial charge in [-0.3, -0.25) is 0 Å². The first-order valence-electron chi connectivity index (χ1n) is 6.78. The van der Waals surface area contributed by atoms with Crippen molar-refractivity contribution >= 4 is 46.1 Å². The summed E-state index contributed by atoms with van der Waals surface area (Å²) >= 11 is 20.1. The summed E-state index contributed by atoms with van der Waals surface area (Å²) < 4.78 is 0. The molecular formula is C15H17Cl3N2S. The molecule has 1 N–H and O–H groups in total. The highest BCUT2D eigenvalue weighted by Gasteiger charge is 2.18. The van der Waals surface area contributed by atoms with E-state index in [1.54, 1.807) is 17.4 Å². The molecule has 0 bridgehead atoms. The molecule has 2 unspecified atom stereocenters. The van der Waals surface area contributed by atoms with Gasteiger partial charge in [-0.1, -0.05) is 47.8 Å². The number of benzene rings is 1. The normalized spacial score (nSPS) is 14.2. The smallest absolute Gasteiger partial charge is 0.109 e. The van der Waals surface area contributed by atoms with Gasteiger partial charge in [-0.25, -0.2) is 4.98 Å². The van der Waals surface area contributed by atoms with Crippen molar-refractivity contribution in [2.75, 3.05) is 0 Å². The third-order valence-corrected chi connectivity index (χ3v) is 5.95. The van der Waals surface area contributed by atoms with Crippen LogP contribution in [0.25, 0.3) is 0 Å². The molecule has 0 aliphatic rings. The van der Waals surface area contributed by atoms with Crippen molar-refractivity contribution in [3.05, 3.63) is 48.8 Å². The van der Waals surface area contributed by atoms with Gasteiger partial charge in [-0.2, -0.15) is 0 Å². The lowest BCUT2D eigenvalue weighted by atomic mass is 10.1. The number of aromatic nitrogens is 1. The van der Waals surface area contributed by atoms with Gasteiger partial charge in [0, 0.05) is 17.1 Å². The van der Waals surface area contributed by atoms with Gasteiger partial charge < -0.3 is 5.32 Å². The molecule has 6 heteroatoms. The highest BCUT2D eigenvalue weighted by atomic mass is 35.5. The topological polar surface area (TPSA) is 24.9 Å². The average Bonchev–Trinajstić information content (AvgIpc) is 2.93. The Morgan fingerprint density at radius 2 is 1.86 bits per heavy atom. The molecule has 0 radical (unpaired) electrons. The second-order valence-electron chi connectivity index (χ2n) is 4.89. The van der Waals surface area contributed by atoms with Crippen molar-refractivity contribution in [2.45, 2.75) is 39.3 Å². The van der Waals surface area contributed by atoms with Gasteiger partial charge in [0.05, 0.1) is 21.1 Å². The molecule has 0 fully saturated rings. The first kappa shape index (κ1) is 17.0.